The highest BCUT2D eigenvalue weighted by molar-refractivity contribution is 6.31. The molecule has 1 atom stereocenters. The van der Waals surface area contributed by atoms with Crippen LogP contribution in [-0.2, 0) is 4.79 Å². The number of hydrogen-bond donors (Lipinski definition) is 0. The molecule has 0 aromatic heterocycles. The van der Waals surface area contributed by atoms with E-state index in [1.807, 2.05) is 0 Å². The molecule has 0 amide bonds. The predicted molar refractivity (Wildman–Crippen MR) is 79.6 cm³/mol. The molecule has 0 aliphatic carbocycles. The third kappa shape index (κ3) is 4.06. The second-order valence-corrected chi connectivity index (χ2v) is 5.43. The summed E-state index contributed by atoms with van der Waals surface area (Å²) in [6, 6.07) is 12.7. The lowest BCUT2D eigenvalue weighted by Gasteiger charge is -2.18. The number of aliphatic carboxylic acids is 1. The zero-order valence-corrected chi connectivity index (χ0v) is 12.4. The van der Waals surface area contributed by atoms with Crippen LogP contribution in [-0.4, -0.2) is 11.8 Å². The van der Waals surface area contributed by atoms with Gasteiger partial charge in [-0.3, -0.25) is 4.79 Å². The number of hydrogen-bond acceptors (Lipinski definition) is 3. The standard InChI is InChI=1S/C16H12Cl2O3/c17-12-6-4-10(5-7-12)15(19)9-14(16(20)21)11-2-1-3-13(18)8-11/h1-8,14H,9H2,(H,20,21)/p-1/t14-/m0/s1. The maximum Gasteiger partial charge on any atom is 0.163 e. The lowest BCUT2D eigenvalue weighted by molar-refractivity contribution is -0.307. The maximum absolute atomic E-state index is 12.2. The van der Waals surface area contributed by atoms with Crippen LogP contribution in [0, 0.1) is 0 Å². The molecule has 108 valence electrons. The number of rotatable bonds is 5. The Bertz CT molecular complexity index is 665. The van der Waals surface area contributed by atoms with Crippen molar-refractivity contribution in [2.45, 2.75) is 12.3 Å². The van der Waals surface area contributed by atoms with Gasteiger partial charge in [-0.25, -0.2) is 0 Å². The van der Waals surface area contributed by atoms with E-state index in [9.17, 15) is 14.7 Å². The molecule has 0 unspecified atom stereocenters. The van der Waals surface area contributed by atoms with Crippen molar-refractivity contribution in [1.82, 2.24) is 0 Å². The SMILES string of the molecule is O=C(C[C@H](C(=O)[O-])c1cccc(Cl)c1)c1ccc(Cl)cc1. The minimum absolute atomic E-state index is 0.190. The van der Waals surface area contributed by atoms with E-state index in [-0.39, 0.29) is 12.2 Å². The molecule has 3 nitrogen and oxygen atoms in total. The lowest BCUT2D eigenvalue weighted by Crippen LogP contribution is -2.31. The van der Waals surface area contributed by atoms with Crippen molar-refractivity contribution in [2.75, 3.05) is 0 Å². The van der Waals surface area contributed by atoms with E-state index < -0.39 is 11.9 Å². The van der Waals surface area contributed by atoms with Crippen molar-refractivity contribution < 1.29 is 14.7 Å². The van der Waals surface area contributed by atoms with Crippen molar-refractivity contribution in [1.29, 1.82) is 0 Å². The largest absolute Gasteiger partial charge is 0.549 e. The monoisotopic (exact) mass is 321 g/mol. The highest BCUT2D eigenvalue weighted by Gasteiger charge is 2.18. The molecule has 0 bridgehead atoms. The number of Topliss-reactive ketones (excluding diaryl/α,β-unsaturated/α-hetero) is 1. The molecule has 2 aromatic carbocycles. The zero-order chi connectivity index (χ0) is 15.4. The summed E-state index contributed by atoms with van der Waals surface area (Å²) < 4.78 is 0. The molecule has 0 saturated carbocycles. The van der Waals surface area contributed by atoms with E-state index in [4.69, 9.17) is 23.2 Å². The number of ketones is 1. The Morgan fingerprint density at radius 3 is 2.24 bits per heavy atom. The van der Waals surface area contributed by atoms with Gasteiger partial charge in [0.2, 0.25) is 0 Å². The van der Waals surface area contributed by atoms with E-state index >= 15 is 0 Å². The lowest BCUT2D eigenvalue weighted by atomic mass is 9.92. The smallest absolute Gasteiger partial charge is 0.163 e. The second kappa shape index (κ2) is 6.74. The van der Waals surface area contributed by atoms with Gasteiger partial charge in [-0.15, -0.1) is 0 Å². The minimum Gasteiger partial charge on any atom is -0.549 e. The van der Waals surface area contributed by atoms with Gasteiger partial charge in [-0.2, -0.15) is 0 Å². The molecule has 2 aromatic rings. The Hall–Kier alpha value is -1.84. The number of carbonyl (C=O) groups is 2. The molecule has 0 fully saturated rings. The fraction of sp³-hybridized carbons (Fsp3) is 0.125. The van der Waals surface area contributed by atoms with Gasteiger partial charge >= 0.3 is 0 Å². The minimum atomic E-state index is -1.31. The highest BCUT2D eigenvalue weighted by atomic mass is 35.5. The Labute approximate surface area is 132 Å². The Morgan fingerprint density at radius 2 is 1.67 bits per heavy atom. The van der Waals surface area contributed by atoms with Gasteiger partial charge in [0.15, 0.2) is 5.78 Å². The average Bonchev–Trinajstić information content (AvgIpc) is 2.45. The van der Waals surface area contributed by atoms with Crippen molar-refractivity contribution >= 4 is 35.0 Å². The summed E-state index contributed by atoms with van der Waals surface area (Å²) in [6.07, 6.45) is -0.190. The van der Waals surface area contributed by atoms with Crippen LogP contribution in [0.3, 0.4) is 0 Å². The third-order valence-electron chi connectivity index (χ3n) is 3.09. The summed E-state index contributed by atoms with van der Waals surface area (Å²) in [5.74, 6) is -2.63. The van der Waals surface area contributed by atoms with E-state index in [1.54, 1.807) is 42.5 Å². The Balaban J connectivity index is 2.22. The fourth-order valence-electron chi connectivity index (χ4n) is 2.00. The molecule has 0 aliphatic heterocycles. The molecule has 0 heterocycles. The first-order chi connectivity index (χ1) is 9.97. The fourth-order valence-corrected chi connectivity index (χ4v) is 2.32. The molecular formula is C16H11Cl2O3-. The van der Waals surface area contributed by atoms with Crippen LogP contribution in [0.1, 0.15) is 28.3 Å². The van der Waals surface area contributed by atoms with E-state index in [0.29, 0.717) is 21.2 Å². The summed E-state index contributed by atoms with van der Waals surface area (Å²) in [5, 5.41) is 12.2. The first-order valence-corrected chi connectivity index (χ1v) is 6.98. The van der Waals surface area contributed by atoms with Crippen molar-refractivity contribution in [3.63, 3.8) is 0 Å². The maximum atomic E-state index is 12.2. The molecule has 0 radical (unpaired) electrons. The van der Waals surface area contributed by atoms with Crippen LogP contribution in [0.4, 0.5) is 0 Å². The Morgan fingerprint density at radius 1 is 1.00 bits per heavy atom. The van der Waals surface area contributed by atoms with Gasteiger partial charge in [0.1, 0.15) is 0 Å². The van der Waals surface area contributed by atoms with Gasteiger partial charge in [0.25, 0.3) is 0 Å². The quantitative estimate of drug-likeness (QED) is 0.795. The first kappa shape index (κ1) is 15.5. The third-order valence-corrected chi connectivity index (χ3v) is 3.58. The number of halogens is 2. The van der Waals surface area contributed by atoms with Gasteiger partial charge in [0, 0.05) is 33.9 Å². The van der Waals surface area contributed by atoms with Gasteiger partial charge in [-0.1, -0.05) is 35.3 Å². The molecule has 0 spiro atoms. The van der Waals surface area contributed by atoms with E-state index in [1.165, 1.54) is 6.07 Å². The molecule has 0 aliphatic rings. The summed E-state index contributed by atoms with van der Waals surface area (Å²) in [5.41, 5.74) is 0.859. The number of benzene rings is 2. The van der Waals surface area contributed by atoms with Crippen LogP contribution in [0.2, 0.25) is 10.0 Å². The first-order valence-electron chi connectivity index (χ1n) is 6.22. The summed E-state index contributed by atoms with van der Waals surface area (Å²) in [4.78, 5) is 23.5. The summed E-state index contributed by atoms with van der Waals surface area (Å²) in [7, 11) is 0. The Kier molecular flexibility index (Phi) is 4.99. The second-order valence-electron chi connectivity index (χ2n) is 4.56. The van der Waals surface area contributed by atoms with Crippen LogP contribution in [0.5, 0.6) is 0 Å². The topological polar surface area (TPSA) is 57.2 Å². The molecule has 5 heteroatoms. The van der Waals surface area contributed by atoms with E-state index in [2.05, 4.69) is 0 Å². The number of carboxylic acid groups (broad SMARTS) is 1. The molecule has 21 heavy (non-hydrogen) atoms. The molecule has 2 rings (SSSR count). The van der Waals surface area contributed by atoms with Crippen molar-refractivity contribution in [2.24, 2.45) is 0 Å². The van der Waals surface area contributed by atoms with Crippen molar-refractivity contribution in [3.8, 4) is 0 Å². The number of carboxylic acids is 1. The summed E-state index contributed by atoms with van der Waals surface area (Å²) in [6.45, 7) is 0. The van der Waals surface area contributed by atoms with Gasteiger partial charge < -0.3 is 9.90 Å². The zero-order valence-electron chi connectivity index (χ0n) is 10.9. The predicted octanol–water partition coefficient (Wildman–Crippen LogP) is 3.10. The van der Waals surface area contributed by atoms with Crippen LogP contribution >= 0.6 is 23.2 Å². The van der Waals surface area contributed by atoms with Crippen LogP contribution < -0.4 is 5.11 Å². The number of carbonyl (C=O) groups excluding carboxylic acids is 2. The summed E-state index contributed by atoms with van der Waals surface area (Å²) >= 11 is 11.6. The molecular weight excluding hydrogens is 311 g/mol. The van der Waals surface area contributed by atoms with E-state index in [0.717, 1.165) is 0 Å². The molecule has 0 saturated heterocycles. The molecule has 0 N–H and O–H groups in total. The van der Waals surface area contributed by atoms with Gasteiger partial charge in [0.05, 0.1) is 0 Å². The average molecular weight is 322 g/mol. The highest BCUT2D eigenvalue weighted by Crippen LogP contribution is 2.24. The van der Waals surface area contributed by atoms with Gasteiger partial charge in [-0.05, 0) is 42.0 Å². The van der Waals surface area contributed by atoms with Crippen molar-refractivity contribution in [3.05, 3.63) is 69.7 Å². The van der Waals surface area contributed by atoms with Crippen LogP contribution in [0.25, 0.3) is 0 Å². The normalized spacial score (nSPS) is 11.9. The van der Waals surface area contributed by atoms with Crippen LogP contribution in [0.15, 0.2) is 48.5 Å².